The van der Waals surface area contributed by atoms with Gasteiger partial charge in [-0.2, -0.15) is 0 Å². The van der Waals surface area contributed by atoms with Gasteiger partial charge in [-0.1, -0.05) is 13.0 Å². The average Bonchev–Trinajstić information content (AvgIpc) is 2.96. The van der Waals surface area contributed by atoms with Crippen LogP contribution < -0.4 is 5.73 Å². The van der Waals surface area contributed by atoms with Gasteiger partial charge >= 0.3 is 0 Å². The Morgan fingerprint density at radius 2 is 2.35 bits per heavy atom. The number of oxazole rings is 1. The Bertz CT molecular complexity index is 444. The highest BCUT2D eigenvalue weighted by atomic mass is 35.5. The van der Waals surface area contributed by atoms with E-state index < -0.39 is 6.10 Å². The fourth-order valence-corrected chi connectivity index (χ4v) is 2.03. The minimum Gasteiger partial charge on any atom is -0.437 e. The number of nitrogens with zero attached hydrogens (tertiary/aromatic N) is 1. The summed E-state index contributed by atoms with van der Waals surface area (Å²) in [6.07, 6.45) is 1.46. The van der Waals surface area contributed by atoms with E-state index in [1.54, 1.807) is 17.5 Å². The first kappa shape index (κ1) is 14.2. The van der Waals surface area contributed by atoms with Gasteiger partial charge in [-0.3, -0.25) is 0 Å². The predicted octanol–water partition coefficient (Wildman–Crippen LogP) is 2.60. The Hall–Kier alpha value is -0.880. The molecule has 94 valence electrons. The molecule has 2 rings (SSSR count). The molecule has 2 heterocycles. The maximum absolute atomic E-state index is 9.82. The SMILES string of the molecule is CCC(N)C(O)c1ncc(-c2cccs2)o1.Cl. The summed E-state index contributed by atoms with van der Waals surface area (Å²) in [5.74, 6) is 0.963. The van der Waals surface area contributed by atoms with Gasteiger partial charge < -0.3 is 15.3 Å². The Balaban J connectivity index is 0.00000144. The molecule has 0 fully saturated rings. The Kier molecular flexibility index (Phi) is 5.14. The summed E-state index contributed by atoms with van der Waals surface area (Å²) in [5.41, 5.74) is 5.73. The fourth-order valence-electron chi connectivity index (χ4n) is 1.36. The molecule has 0 aliphatic rings. The molecule has 3 N–H and O–H groups in total. The lowest BCUT2D eigenvalue weighted by Gasteiger charge is -2.12. The number of thiophene rings is 1. The van der Waals surface area contributed by atoms with Crippen molar-refractivity contribution in [3.05, 3.63) is 29.6 Å². The topological polar surface area (TPSA) is 72.3 Å². The molecule has 2 atom stereocenters. The lowest BCUT2D eigenvalue weighted by molar-refractivity contribution is 0.114. The van der Waals surface area contributed by atoms with E-state index in [9.17, 15) is 5.11 Å². The van der Waals surface area contributed by atoms with Crippen LogP contribution in [0.1, 0.15) is 25.3 Å². The van der Waals surface area contributed by atoms with Crippen molar-refractivity contribution in [2.75, 3.05) is 0 Å². The molecule has 0 saturated carbocycles. The summed E-state index contributed by atoms with van der Waals surface area (Å²) in [7, 11) is 0. The maximum Gasteiger partial charge on any atom is 0.225 e. The van der Waals surface area contributed by atoms with Gasteiger partial charge in [0.2, 0.25) is 5.89 Å². The van der Waals surface area contributed by atoms with Gasteiger partial charge in [0.25, 0.3) is 0 Å². The number of aliphatic hydroxyl groups is 1. The first-order valence-electron chi connectivity index (χ1n) is 5.15. The van der Waals surface area contributed by atoms with Crippen LogP contribution in [0, 0.1) is 0 Å². The van der Waals surface area contributed by atoms with Gasteiger partial charge in [-0.05, 0) is 17.9 Å². The maximum atomic E-state index is 9.82. The smallest absolute Gasteiger partial charge is 0.225 e. The van der Waals surface area contributed by atoms with Crippen molar-refractivity contribution >= 4 is 23.7 Å². The highest BCUT2D eigenvalue weighted by Crippen LogP contribution is 2.27. The zero-order valence-electron chi connectivity index (χ0n) is 9.37. The van der Waals surface area contributed by atoms with Crippen molar-refractivity contribution in [3.8, 4) is 10.6 Å². The highest BCUT2D eigenvalue weighted by Gasteiger charge is 2.20. The van der Waals surface area contributed by atoms with Gasteiger partial charge in [0, 0.05) is 6.04 Å². The van der Waals surface area contributed by atoms with Gasteiger partial charge in [-0.15, -0.1) is 23.7 Å². The average molecular weight is 275 g/mol. The van der Waals surface area contributed by atoms with Crippen LogP contribution in [-0.2, 0) is 0 Å². The lowest BCUT2D eigenvalue weighted by atomic mass is 10.1. The number of aliphatic hydroxyl groups excluding tert-OH is 1. The number of nitrogens with two attached hydrogens (primary N) is 1. The Labute approximate surface area is 110 Å². The van der Waals surface area contributed by atoms with E-state index >= 15 is 0 Å². The molecule has 0 amide bonds. The Morgan fingerprint density at radius 3 is 2.94 bits per heavy atom. The van der Waals surface area contributed by atoms with Crippen LogP contribution in [0.5, 0.6) is 0 Å². The summed E-state index contributed by atoms with van der Waals surface area (Å²) in [6, 6.07) is 3.55. The van der Waals surface area contributed by atoms with E-state index in [1.165, 1.54) is 0 Å². The van der Waals surface area contributed by atoms with E-state index in [2.05, 4.69) is 4.98 Å². The monoisotopic (exact) mass is 274 g/mol. The van der Waals surface area contributed by atoms with Crippen molar-refractivity contribution in [2.24, 2.45) is 5.73 Å². The number of aromatic nitrogens is 1. The molecule has 0 radical (unpaired) electrons. The van der Waals surface area contributed by atoms with Crippen LogP contribution in [0.15, 0.2) is 28.1 Å². The normalized spacial score (nSPS) is 14.1. The third-order valence-corrected chi connectivity index (χ3v) is 3.30. The molecular formula is C11H15ClN2O2S. The van der Waals surface area contributed by atoms with Gasteiger partial charge in [-0.25, -0.2) is 4.98 Å². The zero-order valence-corrected chi connectivity index (χ0v) is 11.0. The molecule has 2 unspecified atom stereocenters. The minimum atomic E-state index is -0.835. The van der Waals surface area contributed by atoms with Crippen molar-refractivity contribution in [1.29, 1.82) is 0 Å². The minimum absolute atomic E-state index is 0. The van der Waals surface area contributed by atoms with Crippen molar-refractivity contribution in [3.63, 3.8) is 0 Å². The molecule has 4 nitrogen and oxygen atoms in total. The van der Waals surface area contributed by atoms with Crippen LogP contribution in [-0.4, -0.2) is 16.1 Å². The molecule has 6 heteroatoms. The summed E-state index contributed by atoms with van der Waals surface area (Å²) in [5, 5.41) is 11.8. The zero-order chi connectivity index (χ0) is 11.5. The number of hydrogen-bond donors (Lipinski definition) is 2. The molecule has 0 aliphatic heterocycles. The molecule has 17 heavy (non-hydrogen) atoms. The van der Waals surface area contributed by atoms with Gasteiger partial charge in [0.05, 0.1) is 11.1 Å². The van der Waals surface area contributed by atoms with E-state index in [1.807, 2.05) is 24.4 Å². The van der Waals surface area contributed by atoms with Crippen LogP contribution in [0.3, 0.4) is 0 Å². The van der Waals surface area contributed by atoms with Crippen LogP contribution in [0.2, 0.25) is 0 Å². The second kappa shape index (κ2) is 6.16. The second-order valence-corrected chi connectivity index (χ2v) is 4.50. The summed E-state index contributed by atoms with van der Waals surface area (Å²) >= 11 is 1.57. The molecule has 0 bridgehead atoms. The third kappa shape index (κ3) is 3.07. The van der Waals surface area contributed by atoms with E-state index in [-0.39, 0.29) is 24.3 Å². The highest BCUT2D eigenvalue weighted by molar-refractivity contribution is 7.13. The van der Waals surface area contributed by atoms with Crippen molar-refractivity contribution in [1.82, 2.24) is 4.98 Å². The standard InChI is InChI=1S/C11H14N2O2S.ClH/c1-2-7(12)10(14)11-13-6-8(15-11)9-4-3-5-16-9;/h3-7,10,14H,2,12H2,1H3;1H. The molecule has 2 aromatic heterocycles. The lowest BCUT2D eigenvalue weighted by Crippen LogP contribution is -2.27. The third-order valence-electron chi connectivity index (χ3n) is 2.42. The molecule has 0 saturated heterocycles. The molecule has 0 aliphatic carbocycles. The summed E-state index contributed by atoms with van der Waals surface area (Å²) < 4.78 is 5.48. The van der Waals surface area contributed by atoms with Gasteiger partial charge in [0.1, 0.15) is 6.10 Å². The molecule has 0 spiro atoms. The first-order chi connectivity index (χ1) is 7.72. The van der Waals surface area contributed by atoms with Crippen molar-refractivity contribution in [2.45, 2.75) is 25.5 Å². The Morgan fingerprint density at radius 1 is 1.59 bits per heavy atom. The molecular weight excluding hydrogens is 260 g/mol. The number of hydrogen-bond acceptors (Lipinski definition) is 5. The largest absolute Gasteiger partial charge is 0.437 e. The predicted molar refractivity (Wildman–Crippen MR) is 70.3 cm³/mol. The van der Waals surface area contributed by atoms with Gasteiger partial charge in [0.15, 0.2) is 5.76 Å². The second-order valence-electron chi connectivity index (χ2n) is 3.56. The summed E-state index contributed by atoms with van der Waals surface area (Å²) in [6.45, 7) is 1.91. The number of rotatable bonds is 4. The van der Waals surface area contributed by atoms with Crippen molar-refractivity contribution < 1.29 is 9.52 Å². The van der Waals surface area contributed by atoms with Crippen LogP contribution >= 0.6 is 23.7 Å². The van der Waals surface area contributed by atoms with E-state index in [0.29, 0.717) is 12.2 Å². The van der Waals surface area contributed by atoms with Crippen LogP contribution in [0.25, 0.3) is 10.6 Å². The quantitative estimate of drug-likeness (QED) is 0.899. The molecule has 2 aromatic rings. The van der Waals surface area contributed by atoms with E-state index in [4.69, 9.17) is 10.2 Å². The fraction of sp³-hybridized carbons (Fsp3) is 0.364. The summed E-state index contributed by atoms with van der Waals surface area (Å²) in [4.78, 5) is 5.05. The number of halogens is 1. The van der Waals surface area contributed by atoms with E-state index in [0.717, 1.165) is 4.88 Å². The molecule has 0 aromatic carbocycles. The first-order valence-corrected chi connectivity index (χ1v) is 6.03. The van der Waals surface area contributed by atoms with Crippen LogP contribution in [0.4, 0.5) is 0 Å².